The van der Waals surface area contributed by atoms with Crippen molar-refractivity contribution in [1.29, 1.82) is 0 Å². The third-order valence-corrected chi connectivity index (χ3v) is 10.4. The lowest BCUT2D eigenvalue weighted by atomic mass is 10.1. The van der Waals surface area contributed by atoms with Gasteiger partial charge in [0.2, 0.25) is 11.8 Å². The van der Waals surface area contributed by atoms with Crippen LogP contribution in [0.3, 0.4) is 0 Å². The molecule has 0 radical (unpaired) electrons. The largest absolute Gasteiger partial charge is 0.352 e. The fourth-order valence-electron chi connectivity index (χ4n) is 5.13. The predicted molar refractivity (Wildman–Crippen MR) is 169 cm³/mol. The molecule has 4 rings (SSSR count). The number of benzene rings is 3. The molecule has 7 nitrogen and oxygen atoms in total. The Morgan fingerprint density at radius 3 is 2.21 bits per heavy atom. The molecule has 1 N–H and O–H groups in total. The van der Waals surface area contributed by atoms with Crippen LogP contribution in [0.5, 0.6) is 0 Å². The van der Waals surface area contributed by atoms with Gasteiger partial charge in [-0.25, -0.2) is 8.42 Å². The van der Waals surface area contributed by atoms with Crippen LogP contribution in [0.25, 0.3) is 0 Å². The first-order chi connectivity index (χ1) is 20.0. The topological polar surface area (TPSA) is 86.8 Å². The number of carbonyl (C=O) groups is 2. The van der Waals surface area contributed by atoms with E-state index in [1.807, 2.05) is 13.8 Å². The van der Waals surface area contributed by atoms with Gasteiger partial charge in [0.25, 0.3) is 10.0 Å². The van der Waals surface area contributed by atoms with Crippen LogP contribution in [-0.2, 0) is 26.2 Å². The Kier molecular flexibility index (Phi) is 10.8. The van der Waals surface area contributed by atoms with Gasteiger partial charge in [-0.15, -0.1) is 0 Å². The molecule has 0 bridgehead atoms. The number of aryl methyl sites for hydroxylation is 1. The SMILES string of the molecule is CC[C@H](C(=O)NC1CCCC1)N(Cc1ccccc1Cl)C(=O)CN(c1cccc(Cl)c1Cl)S(=O)(=O)c1ccc(C)cc1. The Morgan fingerprint density at radius 2 is 1.57 bits per heavy atom. The molecule has 11 heteroatoms. The Hall–Kier alpha value is -2.78. The molecule has 2 amide bonds. The van der Waals surface area contributed by atoms with Crippen LogP contribution >= 0.6 is 34.8 Å². The number of nitrogens with zero attached hydrogens (tertiary/aromatic N) is 2. The van der Waals surface area contributed by atoms with E-state index in [1.165, 1.54) is 29.2 Å². The van der Waals surface area contributed by atoms with Gasteiger partial charge >= 0.3 is 0 Å². The van der Waals surface area contributed by atoms with E-state index in [-0.39, 0.29) is 39.1 Å². The number of halogens is 3. The zero-order chi connectivity index (χ0) is 30.4. The lowest BCUT2D eigenvalue weighted by molar-refractivity contribution is -0.140. The number of rotatable bonds is 11. The van der Waals surface area contributed by atoms with Crippen LogP contribution in [0, 0.1) is 6.92 Å². The molecule has 3 aromatic rings. The first kappa shape index (κ1) is 32.1. The minimum atomic E-state index is -4.27. The summed E-state index contributed by atoms with van der Waals surface area (Å²) < 4.78 is 29.0. The van der Waals surface area contributed by atoms with Crippen LogP contribution < -0.4 is 9.62 Å². The van der Waals surface area contributed by atoms with Crippen molar-refractivity contribution in [3.05, 3.63) is 92.9 Å². The summed E-state index contributed by atoms with van der Waals surface area (Å²) in [5, 5.41) is 3.66. The van der Waals surface area contributed by atoms with Crippen molar-refractivity contribution < 1.29 is 18.0 Å². The highest BCUT2D eigenvalue weighted by atomic mass is 35.5. The molecule has 0 saturated heterocycles. The molecular weight excluding hydrogens is 617 g/mol. The molecule has 3 aromatic carbocycles. The fraction of sp³-hybridized carbons (Fsp3) is 0.355. The second-order valence-corrected chi connectivity index (χ2v) is 13.5. The van der Waals surface area contributed by atoms with Crippen LogP contribution in [0.15, 0.2) is 71.6 Å². The van der Waals surface area contributed by atoms with E-state index in [1.54, 1.807) is 42.5 Å². The standard InChI is InChI=1S/C31H34Cl3N3O4S/c1-3-27(31(39)35-23-10-5-6-11-23)36(19-22-9-4-7-12-25(22)32)29(38)20-37(28-14-8-13-26(33)30(28)34)42(40,41)24-17-15-21(2)16-18-24/h4,7-9,12-18,23,27H,3,5-6,10-11,19-20H2,1-2H3,(H,35,39)/t27-/m1/s1. The molecule has 224 valence electrons. The average Bonchev–Trinajstić information content (AvgIpc) is 3.47. The van der Waals surface area contributed by atoms with E-state index in [9.17, 15) is 18.0 Å². The third kappa shape index (κ3) is 7.40. The lowest BCUT2D eigenvalue weighted by Gasteiger charge is -2.34. The third-order valence-electron chi connectivity index (χ3n) is 7.47. The molecule has 1 aliphatic carbocycles. The van der Waals surface area contributed by atoms with E-state index in [0.717, 1.165) is 35.6 Å². The van der Waals surface area contributed by atoms with Gasteiger partial charge in [-0.3, -0.25) is 13.9 Å². The number of sulfonamides is 1. The zero-order valence-electron chi connectivity index (χ0n) is 23.5. The summed E-state index contributed by atoms with van der Waals surface area (Å²) >= 11 is 19.3. The first-order valence-electron chi connectivity index (χ1n) is 13.9. The van der Waals surface area contributed by atoms with Crippen molar-refractivity contribution in [2.75, 3.05) is 10.8 Å². The summed E-state index contributed by atoms with van der Waals surface area (Å²) in [6, 6.07) is 17.2. The highest BCUT2D eigenvalue weighted by Crippen LogP contribution is 2.36. The van der Waals surface area contributed by atoms with Crippen molar-refractivity contribution in [1.82, 2.24) is 10.2 Å². The molecule has 0 spiro atoms. The van der Waals surface area contributed by atoms with Crippen LogP contribution in [0.1, 0.15) is 50.2 Å². The van der Waals surface area contributed by atoms with Crippen molar-refractivity contribution in [2.24, 2.45) is 0 Å². The zero-order valence-corrected chi connectivity index (χ0v) is 26.6. The Balaban J connectivity index is 1.75. The number of nitrogens with one attached hydrogen (secondary N) is 1. The smallest absolute Gasteiger partial charge is 0.264 e. The Bertz CT molecular complexity index is 1530. The van der Waals surface area contributed by atoms with Gasteiger partial charge in [0, 0.05) is 17.6 Å². The maximum Gasteiger partial charge on any atom is 0.264 e. The molecular formula is C31H34Cl3N3O4S. The second kappa shape index (κ2) is 14.1. The molecule has 1 aliphatic rings. The van der Waals surface area contributed by atoms with Crippen molar-refractivity contribution >= 4 is 62.3 Å². The van der Waals surface area contributed by atoms with Gasteiger partial charge in [-0.05, 0) is 62.1 Å². The predicted octanol–water partition coefficient (Wildman–Crippen LogP) is 7.02. The summed E-state index contributed by atoms with van der Waals surface area (Å²) in [5.74, 6) is -0.867. The lowest BCUT2D eigenvalue weighted by Crippen LogP contribution is -2.53. The second-order valence-electron chi connectivity index (χ2n) is 10.4. The van der Waals surface area contributed by atoms with E-state index in [2.05, 4.69) is 5.32 Å². The van der Waals surface area contributed by atoms with Crippen LogP contribution in [-0.4, -0.2) is 43.8 Å². The van der Waals surface area contributed by atoms with Gasteiger partial charge in [0.15, 0.2) is 0 Å². The molecule has 0 aliphatic heterocycles. The number of amides is 2. The molecule has 1 atom stereocenters. The Labute approximate surface area is 262 Å². The summed E-state index contributed by atoms with van der Waals surface area (Å²) in [6.07, 6.45) is 4.16. The van der Waals surface area contributed by atoms with E-state index in [0.29, 0.717) is 17.0 Å². The maximum atomic E-state index is 14.2. The summed E-state index contributed by atoms with van der Waals surface area (Å²) in [6.45, 7) is 3.06. The summed E-state index contributed by atoms with van der Waals surface area (Å²) in [4.78, 5) is 29.2. The molecule has 0 heterocycles. The van der Waals surface area contributed by atoms with Crippen molar-refractivity contribution in [3.63, 3.8) is 0 Å². The molecule has 1 fully saturated rings. The minimum absolute atomic E-state index is 0.00803. The quantitative estimate of drug-likeness (QED) is 0.242. The van der Waals surface area contributed by atoms with Crippen molar-refractivity contribution in [3.8, 4) is 0 Å². The van der Waals surface area contributed by atoms with Crippen LogP contribution in [0.2, 0.25) is 15.1 Å². The average molecular weight is 651 g/mol. The van der Waals surface area contributed by atoms with Crippen LogP contribution in [0.4, 0.5) is 5.69 Å². The monoisotopic (exact) mass is 649 g/mol. The highest BCUT2D eigenvalue weighted by molar-refractivity contribution is 7.92. The number of hydrogen-bond donors (Lipinski definition) is 1. The normalized spacial score (nSPS) is 14.4. The van der Waals surface area contributed by atoms with E-state index in [4.69, 9.17) is 34.8 Å². The fourth-order valence-corrected chi connectivity index (χ4v) is 7.20. The minimum Gasteiger partial charge on any atom is -0.352 e. The summed E-state index contributed by atoms with van der Waals surface area (Å²) in [7, 11) is -4.27. The number of hydrogen-bond acceptors (Lipinski definition) is 4. The van der Waals surface area contributed by atoms with Gasteiger partial charge in [0.05, 0.1) is 20.6 Å². The van der Waals surface area contributed by atoms with Gasteiger partial charge in [-0.2, -0.15) is 0 Å². The molecule has 42 heavy (non-hydrogen) atoms. The molecule has 0 unspecified atom stereocenters. The van der Waals surface area contributed by atoms with E-state index < -0.39 is 28.5 Å². The summed E-state index contributed by atoms with van der Waals surface area (Å²) in [5.41, 5.74) is 1.56. The van der Waals surface area contributed by atoms with Crippen molar-refractivity contribution in [2.45, 2.75) is 69.5 Å². The number of carbonyl (C=O) groups excluding carboxylic acids is 2. The van der Waals surface area contributed by atoms with Gasteiger partial charge in [-0.1, -0.05) is 96.5 Å². The van der Waals surface area contributed by atoms with Gasteiger partial charge < -0.3 is 10.2 Å². The maximum absolute atomic E-state index is 14.2. The highest BCUT2D eigenvalue weighted by Gasteiger charge is 2.35. The number of anilines is 1. The van der Waals surface area contributed by atoms with Gasteiger partial charge in [0.1, 0.15) is 12.6 Å². The molecule has 1 saturated carbocycles. The van der Waals surface area contributed by atoms with E-state index >= 15 is 0 Å². The molecule has 0 aromatic heterocycles. The first-order valence-corrected chi connectivity index (χ1v) is 16.5. The Morgan fingerprint density at radius 1 is 0.929 bits per heavy atom.